The molecule has 2 N–H and O–H groups in total. The van der Waals surface area contributed by atoms with Crippen LogP contribution in [0.2, 0.25) is 0 Å². The standard InChI is InChI=1S/C26H30N2O7/c1-18-23(28-25(35-18)20-6-4-3-5-7-20)12-13-33-22-10-8-19(9-11-24(29)30)21(16-22)17-27-26(31)34-15-14-32-2/h3-8,10,16H,9,11-15,17H2,1-2H3,(H,27,31)(H,29,30). The van der Waals surface area contributed by atoms with Crippen molar-refractivity contribution in [3.05, 3.63) is 71.1 Å². The van der Waals surface area contributed by atoms with Gasteiger partial charge in [0.25, 0.3) is 0 Å². The minimum absolute atomic E-state index is 0.0132. The number of aryl methyl sites for hydroxylation is 2. The lowest BCUT2D eigenvalue weighted by Gasteiger charge is -2.13. The minimum atomic E-state index is -0.888. The predicted octanol–water partition coefficient (Wildman–Crippen LogP) is 4.16. The summed E-state index contributed by atoms with van der Waals surface area (Å²) >= 11 is 0. The Hall–Kier alpha value is -3.85. The summed E-state index contributed by atoms with van der Waals surface area (Å²) in [7, 11) is 1.52. The van der Waals surface area contributed by atoms with E-state index in [1.54, 1.807) is 12.1 Å². The van der Waals surface area contributed by atoms with Gasteiger partial charge in [0.2, 0.25) is 5.89 Å². The molecular weight excluding hydrogens is 452 g/mol. The van der Waals surface area contributed by atoms with Crippen LogP contribution in [0.1, 0.15) is 29.0 Å². The number of amides is 1. The highest BCUT2D eigenvalue weighted by atomic mass is 16.6. The van der Waals surface area contributed by atoms with Gasteiger partial charge in [-0.25, -0.2) is 9.78 Å². The highest BCUT2D eigenvalue weighted by molar-refractivity contribution is 5.68. The third-order valence-corrected chi connectivity index (χ3v) is 5.25. The van der Waals surface area contributed by atoms with Crippen molar-refractivity contribution in [3.63, 3.8) is 0 Å². The number of carbonyl (C=O) groups excluding carboxylic acids is 1. The number of aliphatic carboxylic acids is 1. The maximum atomic E-state index is 11.9. The van der Waals surface area contributed by atoms with E-state index < -0.39 is 12.1 Å². The van der Waals surface area contributed by atoms with Gasteiger partial charge < -0.3 is 29.1 Å². The third-order valence-electron chi connectivity index (χ3n) is 5.25. The summed E-state index contributed by atoms with van der Waals surface area (Å²) in [4.78, 5) is 27.5. The first kappa shape index (κ1) is 25.8. The monoisotopic (exact) mass is 482 g/mol. The molecule has 1 amide bonds. The molecule has 0 unspecified atom stereocenters. The molecule has 35 heavy (non-hydrogen) atoms. The number of nitrogens with zero attached hydrogens (tertiary/aromatic N) is 1. The van der Waals surface area contributed by atoms with Crippen molar-refractivity contribution in [1.82, 2.24) is 10.3 Å². The van der Waals surface area contributed by atoms with Gasteiger partial charge in [-0.3, -0.25) is 4.79 Å². The lowest BCUT2D eigenvalue weighted by Crippen LogP contribution is -2.25. The molecule has 186 valence electrons. The summed E-state index contributed by atoms with van der Waals surface area (Å²) in [5, 5.41) is 11.7. The number of methoxy groups -OCH3 is 1. The van der Waals surface area contributed by atoms with Crippen molar-refractivity contribution < 1.29 is 33.3 Å². The van der Waals surface area contributed by atoms with Crippen LogP contribution in [-0.2, 0) is 33.7 Å². The number of benzene rings is 2. The van der Waals surface area contributed by atoms with E-state index in [0.29, 0.717) is 37.7 Å². The normalized spacial score (nSPS) is 10.7. The number of carboxylic acid groups (broad SMARTS) is 1. The number of nitrogens with one attached hydrogen (secondary N) is 1. The molecule has 0 aliphatic rings. The number of rotatable bonds is 13. The van der Waals surface area contributed by atoms with Crippen LogP contribution in [0, 0.1) is 6.92 Å². The van der Waals surface area contributed by atoms with Crippen LogP contribution in [0.5, 0.6) is 5.75 Å². The largest absolute Gasteiger partial charge is 0.493 e. The lowest BCUT2D eigenvalue weighted by molar-refractivity contribution is -0.136. The molecule has 2 aromatic carbocycles. The summed E-state index contributed by atoms with van der Waals surface area (Å²) in [5.74, 6) is 1.04. The average molecular weight is 483 g/mol. The fourth-order valence-electron chi connectivity index (χ4n) is 3.41. The molecule has 0 atom stereocenters. The van der Waals surface area contributed by atoms with Crippen LogP contribution >= 0.6 is 0 Å². The zero-order chi connectivity index (χ0) is 25.0. The Balaban J connectivity index is 1.61. The van der Waals surface area contributed by atoms with Crippen molar-refractivity contribution >= 4 is 12.1 Å². The van der Waals surface area contributed by atoms with Crippen molar-refractivity contribution in [3.8, 4) is 17.2 Å². The fourth-order valence-corrected chi connectivity index (χ4v) is 3.41. The van der Waals surface area contributed by atoms with Crippen molar-refractivity contribution in [2.75, 3.05) is 26.9 Å². The van der Waals surface area contributed by atoms with Crippen LogP contribution in [0.3, 0.4) is 0 Å². The quantitative estimate of drug-likeness (QED) is 0.349. The molecule has 9 nitrogen and oxygen atoms in total. The number of alkyl carbamates (subject to hydrolysis) is 1. The highest BCUT2D eigenvalue weighted by Gasteiger charge is 2.13. The second-order valence-corrected chi connectivity index (χ2v) is 7.79. The van der Waals surface area contributed by atoms with Gasteiger partial charge in [0, 0.05) is 32.1 Å². The Bertz CT molecular complexity index is 1110. The van der Waals surface area contributed by atoms with Crippen LogP contribution < -0.4 is 10.1 Å². The van der Waals surface area contributed by atoms with Gasteiger partial charge in [-0.15, -0.1) is 0 Å². The van der Waals surface area contributed by atoms with Crippen LogP contribution in [-0.4, -0.2) is 49.1 Å². The van der Waals surface area contributed by atoms with Gasteiger partial charge in [-0.2, -0.15) is 0 Å². The summed E-state index contributed by atoms with van der Waals surface area (Å²) in [5.41, 5.74) is 3.31. The SMILES string of the molecule is COCCOC(=O)NCc1cc(OCCc2nc(-c3ccccc3)oc2C)ccc1CCC(=O)O. The molecule has 0 saturated carbocycles. The van der Waals surface area contributed by atoms with E-state index in [1.807, 2.05) is 43.3 Å². The summed E-state index contributed by atoms with van der Waals surface area (Å²) in [6, 6.07) is 15.1. The predicted molar refractivity (Wildman–Crippen MR) is 128 cm³/mol. The van der Waals surface area contributed by atoms with Crippen LogP contribution in [0.15, 0.2) is 52.9 Å². The molecule has 0 fully saturated rings. The van der Waals surface area contributed by atoms with E-state index in [1.165, 1.54) is 7.11 Å². The number of oxazole rings is 1. The van der Waals surface area contributed by atoms with Crippen LogP contribution in [0.4, 0.5) is 4.79 Å². The molecule has 0 spiro atoms. The second kappa shape index (κ2) is 13.1. The molecule has 0 bridgehead atoms. The smallest absolute Gasteiger partial charge is 0.407 e. The number of carbonyl (C=O) groups is 2. The van der Waals surface area contributed by atoms with E-state index in [9.17, 15) is 9.59 Å². The Morgan fingerprint density at radius 3 is 2.57 bits per heavy atom. The molecule has 1 aromatic heterocycles. The molecule has 3 rings (SSSR count). The first-order valence-corrected chi connectivity index (χ1v) is 11.3. The maximum absolute atomic E-state index is 11.9. The number of ether oxygens (including phenoxy) is 3. The molecule has 0 aliphatic heterocycles. The molecule has 9 heteroatoms. The van der Waals surface area contributed by atoms with Gasteiger partial charge in [-0.1, -0.05) is 24.3 Å². The fraction of sp³-hybridized carbons (Fsp3) is 0.346. The number of hydrogen-bond acceptors (Lipinski definition) is 7. The average Bonchev–Trinajstić information content (AvgIpc) is 3.23. The topological polar surface area (TPSA) is 120 Å². The van der Waals surface area contributed by atoms with E-state index in [4.69, 9.17) is 23.7 Å². The summed E-state index contributed by atoms with van der Waals surface area (Å²) < 4.78 is 21.6. The maximum Gasteiger partial charge on any atom is 0.407 e. The van der Waals surface area contributed by atoms with E-state index in [2.05, 4.69) is 10.3 Å². The van der Waals surface area contributed by atoms with E-state index in [0.717, 1.165) is 28.1 Å². The Morgan fingerprint density at radius 1 is 1.03 bits per heavy atom. The molecule has 0 radical (unpaired) electrons. The first-order chi connectivity index (χ1) is 17.0. The lowest BCUT2D eigenvalue weighted by atomic mass is 10.0. The summed E-state index contributed by atoms with van der Waals surface area (Å²) in [6.45, 7) is 2.88. The van der Waals surface area contributed by atoms with E-state index in [-0.39, 0.29) is 19.6 Å². The van der Waals surface area contributed by atoms with Gasteiger partial charge >= 0.3 is 12.1 Å². The van der Waals surface area contributed by atoms with Gasteiger partial charge in [0.15, 0.2) is 0 Å². The zero-order valence-corrected chi connectivity index (χ0v) is 19.9. The van der Waals surface area contributed by atoms with Crippen LogP contribution in [0.25, 0.3) is 11.5 Å². The van der Waals surface area contributed by atoms with E-state index >= 15 is 0 Å². The molecular formula is C26H30N2O7. The zero-order valence-electron chi connectivity index (χ0n) is 19.9. The number of aromatic nitrogens is 1. The van der Waals surface area contributed by atoms with Crippen molar-refractivity contribution in [2.24, 2.45) is 0 Å². The van der Waals surface area contributed by atoms with Crippen molar-refractivity contribution in [2.45, 2.75) is 32.7 Å². The molecule has 0 saturated heterocycles. The Morgan fingerprint density at radius 2 is 1.83 bits per heavy atom. The van der Waals surface area contributed by atoms with Gasteiger partial charge in [0.05, 0.1) is 18.9 Å². The van der Waals surface area contributed by atoms with Gasteiger partial charge in [0.1, 0.15) is 18.1 Å². The van der Waals surface area contributed by atoms with Crippen molar-refractivity contribution in [1.29, 1.82) is 0 Å². The number of hydrogen-bond donors (Lipinski definition) is 2. The Kier molecular flexibility index (Phi) is 9.68. The minimum Gasteiger partial charge on any atom is -0.493 e. The number of carboxylic acids is 1. The third kappa shape index (κ3) is 8.15. The first-order valence-electron chi connectivity index (χ1n) is 11.3. The summed E-state index contributed by atoms with van der Waals surface area (Å²) in [6.07, 6.45) is 0.308. The molecule has 0 aliphatic carbocycles. The van der Waals surface area contributed by atoms with Gasteiger partial charge in [-0.05, 0) is 48.7 Å². The Labute approximate surface area is 204 Å². The second-order valence-electron chi connectivity index (χ2n) is 7.79. The molecule has 1 heterocycles. The highest BCUT2D eigenvalue weighted by Crippen LogP contribution is 2.23. The molecule has 3 aromatic rings.